The van der Waals surface area contributed by atoms with Crippen LogP contribution in [-0.2, 0) is 11.2 Å². The number of amides is 2. The molecule has 3 N–H and O–H groups in total. The molecule has 0 aliphatic carbocycles. The van der Waals surface area contributed by atoms with E-state index in [1.165, 1.54) is 0 Å². The molecule has 0 spiro atoms. The molecule has 0 saturated carbocycles. The maximum atomic E-state index is 12.2. The lowest BCUT2D eigenvalue weighted by atomic mass is 10.1. The Bertz CT molecular complexity index is 796. The third-order valence-corrected chi connectivity index (χ3v) is 4.42. The zero-order chi connectivity index (χ0) is 17.8. The number of primary amides is 1. The van der Waals surface area contributed by atoms with Gasteiger partial charge >= 0.3 is 0 Å². The van der Waals surface area contributed by atoms with Gasteiger partial charge in [0.1, 0.15) is 5.82 Å². The van der Waals surface area contributed by atoms with E-state index < -0.39 is 5.91 Å². The molecule has 7 heteroatoms. The molecule has 0 radical (unpaired) electrons. The summed E-state index contributed by atoms with van der Waals surface area (Å²) in [6, 6.07) is 10.8. The summed E-state index contributed by atoms with van der Waals surface area (Å²) >= 11 is 5.99. The summed E-state index contributed by atoms with van der Waals surface area (Å²) in [5, 5.41) is 3.86. The van der Waals surface area contributed by atoms with E-state index in [4.69, 9.17) is 17.3 Å². The van der Waals surface area contributed by atoms with E-state index in [9.17, 15) is 9.59 Å². The van der Waals surface area contributed by atoms with Crippen LogP contribution in [0.1, 0.15) is 22.3 Å². The standard InChI is InChI=1S/C18H19ClN4O2/c19-13-4-1-3-12(9-13)6-8-23-11-14(10-16(23)24)22-18-15(17(20)25)5-2-7-21-18/h1-5,7,9,14H,6,8,10-11H2,(H2,20,25)(H,21,22)/t14-/m1/s1. The summed E-state index contributed by atoms with van der Waals surface area (Å²) < 4.78 is 0. The number of carbonyl (C=O) groups excluding carboxylic acids is 2. The zero-order valence-electron chi connectivity index (χ0n) is 13.6. The minimum atomic E-state index is -0.544. The van der Waals surface area contributed by atoms with Crippen LogP contribution in [0.25, 0.3) is 0 Å². The number of nitrogens with one attached hydrogen (secondary N) is 1. The van der Waals surface area contributed by atoms with Crippen LogP contribution in [0.15, 0.2) is 42.6 Å². The maximum absolute atomic E-state index is 12.2. The first-order valence-electron chi connectivity index (χ1n) is 8.06. The molecule has 2 amide bonds. The summed E-state index contributed by atoms with van der Waals surface area (Å²) in [5.41, 5.74) is 6.78. The van der Waals surface area contributed by atoms with Gasteiger partial charge < -0.3 is 16.0 Å². The molecule has 1 aliphatic rings. The van der Waals surface area contributed by atoms with Gasteiger partial charge in [0.15, 0.2) is 0 Å². The van der Waals surface area contributed by atoms with Crippen LogP contribution in [-0.4, -0.2) is 40.8 Å². The van der Waals surface area contributed by atoms with Crippen LogP contribution < -0.4 is 11.1 Å². The predicted molar refractivity (Wildman–Crippen MR) is 96.5 cm³/mol. The van der Waals surface area contributed by atoms with Gasteiger partial charge in [-0.2, -0.15) is 0 Å². The molecule has 1 aromatic heterocycles. The van der Waals surface area contributed by atoms with Gasteiger partial charge in [0.25, 0.3) is 5.91 Å². The first kappa shape index (κ1) is 17.2. The summed E-state index contributed by atoms with van der Waals surface area (Å²) in [5.74, 6) is -0.0432. The molecular formula is C18H19ClN4O2. The highest BCUT2D eigenvalue weighted by atomic mass is 35.5. The molecule has 1 fully saturated rings. The minimum absolute atomic E-state index is 0.0797. The highest BCUT2D eigenvalue weighted by Crippen LogP contribution is 2.19. The van der Waals surface area contributed by atoms with E-state index in [0.717, 1.165) is 12.0 Å². The van der Waals surface area contributed by atoms with E-state index in [1.54, 1.807) is 18.3 Å². The van der Waals surface area contributed by atoms with Gasteiger partial charge in [-0.25, -0.2) is 4.98 Å². The van der Waals surface area contributed by atoms with Crippen molar-refractivity contribution >= 4 is 29.2 Å². The third kappa shape index (κ3) is 4.28. The number of nitrogens with zero attached hydrogens (tertiary/aromatic N) is 2. The quantitative estimate of drug-likeness (QED) is 0.827. The Morgan fingerprint density at radius 2 is 2.20 bits per heavy atom. The molecule has 6 nitrogen and oxygen atoms in total. The van der Waals surface area contributed by atoms with Crippen LogP contribution in [0.2, 0.25) is 5.02 Å². The number of rotatable bonds is 6. The number of anilines is 1. The van der Waals surface area contributed by atoms with Gasteiger partial charge in [0, 0.05) is 30.7 Å². The van der Waals surface area contributed by atoms with E-state index in [-0.39, 0.29) is 11.9 Å². The molecule has 1 aromatic carbocycles. The van der Waals surface area contributed by atoms with Crippen LogP contribution in [0.3, 0.4) is 0 Å². The minimum Gasteiger partial charge on any atom is -0.365 e. The first-order chi connectivity index (χ1) is 12.0. The second-order valence-electron chi connectivity index (χ2n) is 6.03. The monoisotopic (exact) mass is 358 g/mol. The number of nitrogens with two attached hydrogens (primary N) is 1. The van der Waals surface area contributed by atoms with Gasteiger partial charge in [-0.3, -0.25) is 9.59 Å². The van der Waals surface area contributed by atoms with E-state index >= 15 is 0 Å². The third-order valence-electron chi connectivity index (χ3n) is 4.19. The molecule has 3 rings (SSSR count). The molecule has 25 heavy (non-hydrogen) atoms. The summed E-state index contributed by atoms with van der Waals surface area (Å²) in [4.78, 5) is 29.7. The topological polar surface area (TPSA) is 88.3 Å². The average Bonchev–Trinajstić information content (AvgIpc) is 2.93. The Hall–Kier alpha value is -2.60. The van der Waals surface area contributed by atoms with Crippen molar-refractivity contribution in [3.05, 3.63) is 58.7 Å². The summed E-state index contributed by atoms with van der Waals surface area (Å²) in [7, 11) is 0. The van der Waals surface area contributed by atoms with Crippen LogP contribution in [0.4, 0.5) is 5.82 Å². The van der Waals surface area contributed by atoms with Crippen LogP contribution in [0.5, 0.6) is 0 Å². The maximum Gasteiger partial charge on any atom is 0.252 e. The second-order valence-corrected chi connectivity index (χ2v) is 6.47. The van der Waals surface area contributed by atoms with Crippen molar-refractivity contribution in [3.8, 4) is 0 Å². The van der Waals surface area contributed by atoms with Gasteiger partial charge in [-0.1, -0.05) is 23.7 Å². The number of pyridine rings is 1. The fourth-order valence-electron chi connectivity index (χ4n) is 2.95. The second kappa shape index (κ2) is 7.53. The zero-order valence-corrected chi connectivity index (χ0v) is 14.4. The summed E-state index contributed by atoms with van der Waals surface area (Å²) in [6.45, 7) is 1.19. The van der Waals surface area contributed by atoms with Crippen molar-refractivity contribution in [2.24, 2.45) is 5.73 Å². The normalized spacial score (nSPS) is 16.9. The predicted octanol–water partition coefficient (Wildman–Crippen LogP) is 2.09. The number of benzene rings is 1. The van der Waals surface area contributed by atoms with Crippen LogP contribution in [0, 0.1) is 0 Å². The lowest BCUT2D eigenvalue weighted by molar-refractivity contribution is -0.127. The van der Waals surface area contributed by atoms with Crippen molar-refractivity contribution in [2.75, 3.05) is 18.4 Å². The Kier molecular flexibility index (Phi) is 5.19. The SMILES string of the molecule is NC(=O)c1cccnc1N[C@@H]1CC(=O)N(CCc2cccc(Cl)c2)C1. The lowest BCUT2D eigenvalue weighted by Crippen LogP contribution is -2.30. The van der Waals surface area contributed by atoms with Gasteiger partial charge in [0.05, 0.1) is 11.6 Å². The highest BCUT2D eigenvalue weighted by Gasteiger charge is 2.30. The fraction of sp³-hybridized carbons (Fsp3) is 0.278. The van der Waals surface area contributed by atoms with Crippen LogP contribution >= 0.6 is 11.6 Å². The van der Waals surface area contributed by atoms with Gasteiger partial charge in [-0.05, 0) is 36.2 Å². The van der Waals surface area contributed by atoms with Crippen molar-refractivity contribution in [3.63, 3.8) is 0 Å². The molecular weight excluding hydrogens is 340 g/mol. The van der Waals surface area contributed by atoms with Crippen molar-refractivity contribution in [1.29, 1.82) is 0 Å². The van der Waals surface area contributed by atoms with Crippen molar-refractivity contribution in [1.82, 2.24) is 9.88 Å². The Morgan fingerprint density at radius 1 is 1.36 bits per heavy atom. The largest absolute Gasteiger partial charge is 0.365 e. The van der Waals surface area contributed by atoms with E-state index in [2.05, 4.69) is 10.3 Å². The first-order valence-corrected chi connectivity index (χ1v) is 8.44. The van der Waals surface area contributed by atoms with Crippen molar-refractivity contribution in [2.45, 2.75) is 18.9 Å². The van der Waals surface area contributed by atoms with Gasteiger partial charge in [0.2, 0.25) is 5.91 Å². The van der Waals surface area contributed by atoms with Gasteiger partial charge in [-0.15, -0.1) is 0 Å². The Labute approximate surface area is 151 Å². The molecule has 2 aromatic rings. The smallest absolute Gasteiger partial charge is 0.252 e. The number of likely N-dealkylation sites (tertiary alicyclic amines) is 1. The molecule has 0 bridgehead atoms. The molecule has 2 heterocycles. The van der Waals surface area contributed by atoms with Crippen molar-refractivity contribution < 1.29 is 9.59 Å². The number of hydrogen-bond donors (Lipinski definition) is 2. The molecule has 1 aliphatic heterocycles. The lowest BCUT2D eigenvalue weighted by Gasteiger charge is -2.18. The number of halogens is 1. The number of aromatic nitrogens is 1. The van der Waals surface area contributed by atoms with E-state index in [1.807, 2.05) is 29.2 Å². The Morgan fingerprint density at radius 3 is 2.96 bits per heavy atom. The molecule has 1 saturated heterocycles. The molecule has 0 unspecified atom stereocenters. The Balaban J connectivity index is 1.60. The molecule has 1 atom stereocenters. The van der Waals surface area contributed by atoms with E-state index in [0.29, 0.717) is 35.9 Å². The average molecular weight is 359 g/mol. The molecule has 130 valence electrons. The highest BCUT2D eigenvalue weighted by molar-refractivity contribution is 6.30. The fourth-order valence-corrected chi connectivity index (χ4v) is 3.17. The number of carbonyl (C=O) groups is 2. The summed E-state index contributed by atoms with van der Waals surface area (Å²) in [6.07, 6.45) is 2.70. The number of hydrogen-bond acceptors (Lipinski definition) is 4.